The predicted molar refractivity (Wildman–Crippen MR) is 79.4 cm³/mol. The number of aliphatic hydroxyl groups excluding tert-OH is 1. The van der Waals surface area contributed by atoms with Gasteiger partial charge >= 0.3 is 0 Å². The molecule has 5 N–H and O–H groups in total. The SMILES string of the molecule is Nc1ccc(Nc2ncc(Br)c(NCCO)n2)cc1. The molecule has 0 spiro atoms. The van der Waals surface area contributed by atoms with Crippen LogP contribution in [0, 0.1) is 0 Å². The molecule has 0 radical (unpaired) electrons. The minimum absolute atomic E-state index is 0.0389. The zero-order valence-electron chi connectivity index (χ0n) is 10.1. The Bertz CT molecular complexity index is 546. The molecule has 1 aromatic heterocycles. The summed E-state index contributed by atoms with van der Waals surface area (Å²) in [5.74, 6) is 1.09. The Balaban J connectivity index is 2.14. The molecule has 0 amide bonds. The molecule has 2 aromatic rings. The highest BCUT2D eigenvalue weighted by Crippen LogP contribution is 2.22. The Morgan fingerprint density at radius 1 is 1.26 bits per heavy atom. The van der Waals surface area contributed by atoms with Crippen LogP contribution >= 0.6 is 15.9 Å². The van der Waals surface area contributed by atoms with Crippen molar-refractivity contribution in [2.45, 2.75) is 0 Å². The summed E-state index contributed by atoms with van der Waals surface area (Å²) in [7, 11) is 0. The van der Waals surface area contributed by atoms with Gasteiger partial charge in [-0.1, -0.05) is 0 Å². The van der Waals surface area contributed by atoms with E-state index in [1.807, 2.05) is 12.1 Å². The summed E-state index contributed by atoms with van der Waals surface area (Å²) >= 11 is 3.34. The summed E-state index contributed by atoms with van der Waals surface area (Å²) < 4.78 is 0.740. The summed E-state index contributed by atoms with van der Waals surface area (Å²) in [6.07, 6.45) is 1.65. The van der Waals surface area contributed by atoms with E-state index in [9.17, 15) is 0 Å². The van der Waals surface area contributed by atoms with Crippen LogP contribution in [0.4, 0.5) is 23.1 Å². The van der Waals surface area contributed by atoms with Crippen molar-refractivity contribution in [3.8, 4) is 0 Å². The van der Waals surface area contributed by atoms with E-state index < -0.39 is 0 Å². The summed E-state index contributed by atoms with van der Waals surface area (Å²) in [6, 6.07) is 7.29. The predicted octanol–water partition coefficient (Wildman–Crippen LogP) is 1.97. The van der Waals surface area contributed by atoms with Gasteiger partial charge in [0, 0.05) is 24.1 Å². The van der Waals surface area contributed by atoms with Crippen LogP contribution in [-0.4, -0.2) is 28.2 Å². The third-order valence-corrected chi connectivity index (χ3v) is 2.90. The molecule has 0 fully saturated rings. The van der Waals surface area contributed by atoms with Gasteiger partial charge in [-0.2, -0.15) is 4.98 Å². The summed E-state index contributed by atoms with van der Waals surface area (Å²) in [4.78, 5) is 8.47. The van der Waals surface area contributed by atoms with Crippen molar-refractivity contribution in [2.24, 2.45) is 0 Å². The molecule has 0 bridgehead atoms. The summed E-state index contributed by atoms with van der Waals surface area (Å²) in [5.41, 5.74) is 7.17. The zero-order chi connectivity index (χ0) is 13.7. The van der Waals surface area contributed by atoms with Crippen LogP contribution in [0.1, 0.15) is 0 Å². The smallest absolute Gasteiger partial charge is 0.229 e. The molecular formula is C12H14BrN5O. The van der Waals surface area contributed by atoms with Gasteiger partial charge in [0.1, 0.15) is 5.82 Å². The number of rotatable bonds is 5. The Morgan fingerprint density at radius 3 is 2.68 bits per heavy atom. The van der Waals surface area contributed by atoms with Gasteiger partial charge in [0.15, 0.2) is 0 Å². The van der Waals surface area contributed by atoms with Crippen LogP contribution in [0.2, 0.25) is 0 Å². The molecule has 7 heteroatoms. The average Bonchev–Trinajstić information content (AvgIpc) is 2.42. The molecule has 100 valence electrons. The molecule has 0 saturated carbocycles. The first kappa shape index (κ1) is 13.6. The molecule has 0 aliphatic heterocycles. The number of nitrogens with one attached hydrogen (secondary N) is 2. The van der Waals surface area contributed by atoms with Crippen LogP contribution in [0.5, 0.6) is 0 Å². The normalized spacial score (nSPS) is 10.2. The van der Waals surface area contributed by atoms with Gasteiger partial charge in [0.25, 0.3) is 0 Å². The molecule has 1 heterocycles. The Hall–Kier alpha value is -1.86. The number of hydrogen-bond acceptors (Lipinski definition) is 6. The number of nitrogen functional groups attached to an aromatic ring is 1. The Kier molecular flexibility index (Phi) is 4.53. The molecule has 0 atom stereocenters. The van der Waals surface area contributed by atoms with Crippen LogP contribution in [0.3, 0.4) is 0 Å². The largest absolute Gasteiger partial charge is 0.399 e. The number of hydrogen-bond donors (Lipinski definition) is 4. The van der Waals surface area contributed by atoms with Crippen LogP contribution in [0.15, 0.2) is 34.9 Å². The maximum atomic E-state index is 8.80. The van der Waals surface area contributed by atoms with Crippen molar-refractivity contribution in [3.05, 3.63) is 34.9 Å². The fourth-order valence-electron chi connectivity index (χ4n) is 1.42. The fourth-order valence-corrected chi connectivity index (χ4v) is 1.75. The monoisotopic (exact) mass is 323 g/mol. The number of anilines is 4. The van der Waals surface area contributed by atoms with Crippen LogP contribution in [-0.2, 0) is 0 Å². The van der Waals surface area contributed by atoms with Gasteiger partial charge in [0.2, 0.25) is 5.95 Å². The summed E-state index contributed by atoms with van der Waals surface area (Å²) in [6.45, 7) is 0.466. The number of aliphatic hydroxyl groups is 1. The first-order chi connectivity index (χ1) is 9.19. The fraction of sp³-hybridized carbons (Fsp3) is 0.167. The minimum Gasteiger partial charge on any atom is -0.399 e. The van der Waals surface area contributed by atoms with Gasteiger partial charge in [-0.25, -0.2) is 4.98 Å². The van der Waals surface area contributed by atoms with Crippen molar-refractivity contribution in [2.75, 3.05) is 29.5 Å². The van der Waals surface area contributed by atoms with Gasteiger partial charge in [-0.05, 0) is 40.2 Å². The molecular weight excluding hydrogens is 310 g/mol. The van der Waals surface area contributed by atoms with E-state index in [0.29, 0.717) is 24.0 Å². The minimum atomic E-state index is 0.0389. The second kappa shape index (κ2) is 6.35. The number of nitrogens with zero attached hydrogens (tertiary/aromatic N) is 2. The van der Waals surface area contributed by atoms with Crippen molar-refractivity contribution >= 4 is 39.1 Å². The lowest BCUT2D eigenvalue weighted by molar-refractivity contribution is 0.311. The van der Waals surface area contributed by atoms with E-state index in [1.54, 1.807) is 18.3 Å². The van der Waals surface area contributed by atoms with Crippen molar-refractivity contribution in [1.82, 2.24) is 9.97 Å². The lowest BCUT2D eigenvalue weighted by Crippen LogP contribution is -2.09. The average molecular weight is 324 g/mol. The third-order valence-electron chi connectivity index (χ3n) is 2.32. The van der Waals surface area contributed by atoms with Crippen molar-refractivity contribution < 1.29 is 5.11 Å². The lowest BCUT2D eigenvalue weighted by atomic mass is 10.3. The van der Waals surface area contributed by atoms with Crippen molar-refractivity contribution in [1.29, 1.82) is 0 Å². The number of aromatic nitrogens is 2. The van der Waals surface area contributed by atoms with E-state index in [-0.39, 0.29) is 6.61 Å². The highest BCUT2D eigenvalue weighted by atomic mass is 79.9. The highest BCUT2D eigenvalue weighted by Gasteiger charge is 2.04. The van der Waals surface area contributed by atoms with E-state index in [2.05, 4.69) is 36.5 Å². The quantitative estimate of drug-likeness (QED) is 0.628. The Labute approximate surface area is 119 Å². The van der Waals surface area contributed by atoms with Crippen LogP contribution in [0.25, 0.3) is 0 Å². The first-order valence-electron chi connectivity index (χ1n) is 5.69. The summed E-state index contributed by atoms with van der Waals surface area (Å²) in [5, 5.41) is 14.9. The van der Waals surface area contributed by atoms with Gasteiger partial charge in [0.05, 0.1) is 11.1 Å². The van der Waals surface area contributed by atoms with Gasteiger partial charge in [-0.15, -0.1) is 0 Å². The number of halogens is 1. The van der Waals surface area contributed by atoms with E-state index in [1.165, 1.54) is 0 Å². The van der Waals surface area contributed by atoms with E-state index in [4.69, 9.17) is 10.8 Å². The molecule has 0 saturated heterocycles. The molecule has 19 heavy (non-hydrogen) atoms. The van der Waals surface area contributed by atoms with E-state index in [0.717, 1.165) is 10.2 Å². The zero-order valence-corrected chi connectivity index (χ0v) is 11.7. The second-order valence-corrected chi connectivity index (χ2v) is 4.64. The second-order valence-electron chi connectivity index (χ2n) is 3.79. The van der Waals surface area contributed by atoms with Crippen molar-refractivity contribution in [3.63, 3.8) is 0 Å². The van der Waals surface area contributed by atoms with Crippen LogP contribution < -0.4 is 16.4 Å². The third kappa shape index (κ3) is 3.80. The molecule has 0 aliphatic carbocycles. The molecule has 6 nitrogen and oxygen atoms in total. The maximum Gasteiger partial charge on any atom is 0.229 e. The standard InChI is InChI=1S/C12H14BrN5O/c13-10-7-16-12(18-11(10)15-5-6-19)17-9-3-1-8(14)2-4-9/h1-4,7,19H,5-6,14H2,(H2,15,16,17,18). The number of nitrogens with two attached hydrogens (primary N) is 1. The highest BCUT2D eigenvalue weighted by molar-refractivity contribution is 9.10. The maximum absolute atomic E-state index is 8.80. The Morgan fingerprint density at radius 2 is 2.00 bits per heavy atom. The van der Waals surface area contributed by atoms with Gasteiger partial charge < -0.3 is 21.5 Å². The van der Waals surface area contributed by atoms with E-state index >= 15 is 0 Å². The molecule has 0 unspecified atom stereocenters. The van der Waals surface area contributed by atoms with Gasteiger partial charge in [-0.3, -0.25) is 0 Å². The molecule has 0 aliphatic rings. The molecule has 1 aromatic carbocycles. The number of benzene rings is 1. The molecule has 2 rings (SSSR count). The first-order valence-corrected chi connectivity index (χ1v) is 6.48. The lowest BCUT2D eigenvalue weighted by Gasteiger charge is -2.09. The topological polar surface area (TPSA) is 96.1 Å².